The quantitative estimate of drug-likeness (QED) is 0.748. The highest BCUT2D eigenvalue weighted by molar-refractivity contribution is 7.79. The molecule has 0 heterocycles. The third-order valence-electron chi connectivity index (χ3n) is 2.27. The molecule has 0 aliphatic heterocycles. The van der Waals surface area contributed by atoms with Crippen molar-refractivity contribution in [2.75, 3.05) is 0 Å². The molecule has 1 atom stereocenters. The molecule has 3 nitrogen and oxygen atoms in total. The second kappa shape index (κ2) is 3.94. The average Bonchev–Trinajstić information content (AvgIpc) is 2.06. The molecule has 0 aliphatic rings. The lowest BCUT2D eigenvalue weighted by molar-refractivity contribution is 0.441. The number of hydrogen-bond acceptors (Lipinski definition) is 3. The van der Waals surface area contributed by atoms with E-state index in [4.69, 9.17) is 0 Å². The molecule has 0 aliphatic carbocycles. The minimum atomic E-state index is -2.25. The van der Waals surface area contributed by atoms with Crippen molar-refractivity contribution in [1.29, 1.82) is 0 Å². The van der Waals surface area contributed by atoms with Gasteiger partial charge >= 0.3 is 0 Å². The van der Waals surface area contributed by atoms with E-state index in [9.17, 15) is 13.9 Å². The number of rotatable bonds is 1. The maximum absolute atomic E-state index is 10.9. The van der Waals surface area contributed by atoms with Gasteiger partial charge in [-0.1, -0.05) is 20.8 Å². The maximum atomic E-state index is 10.9. The van der Waals surface area contributed by atoms with E-state index < -0.39 is 11.1 Å². The molecule has 0 amide bonds. The summed E-state index contributed by atoms with van der Waals surface area (Å²) in [5.74, 6) is 0.178. The van der Waals surface area contributed by atoms with Crippen molar-refractivity contribution in [2.24, 2.45) is 0 Å². The first-order chi connectivity index (χ1) is 6.73. The fourth-order valence-corrected chi connectivity index (χ4v) is 1.90. The highest BCUT2D eigenvalue weighted by Gasteiger charge is 2.20. The van der Waals surface area contributed by atoms with Crippen LogP contribution in [-0.2, 0) is 16.5 Å². The first-order valence-corrected chi connectivity index (χ1v) is 5.74. The Hall–Kier alpha value is -0.870. The molecule has 0 bridgehead atoms. The Morgan fingerprint density at radius 2 is 1.87 bits per heavy atom. The van der Waals surface area contributed by atoms with Gasteiger partial charge in [-0.15, -0.1) is 0 Å². The van der Waals surface area contributed by atoms with Gasteiger partial charge in [0.25, 0.3) is 0 Å². The largest absolute Gasteiger partial charge is 0.768 e. The van der Waals surface area contributed by atoms with Crippen LogP contribution in [0.4, 0.5) is 0 Å². The average molecular weight is 227 g/mol. The van der Waals surface area contributed by atoms with Crippen LogP contribution in [0, 0.1) is 6.92 Å². The Morgan fingerprint density at radius 1 is 1.33 bits per heavy atom. The van der Waals surface area contributed by atoms with Crippen LogP contribution < -0.4 is 0 Å². The predicted molar refractivity (Wildman–Crippen MR) is 58.7 cm³/mol. The van der Waals surface area contributed by atoms with Gasteiger partial charge in [-0.25, -0.2) is 0 Å². The predicted octanol–water partition coefficient (Wildman–Crippen LogP) is 2.24. The summed E-state index contributed by atoms with van der Waals surface area (Å²) in [5.41, 5.74) is 0.966. The van der Waals surface area contributed by atoms with Crippen LogP contribution in [0.5, 0.6) is 5.75 Å². The lowest BCUT2D eigenvalue weighted by Crippen LogP contribution is -2.12. The Morgan fingerprint density at radius 3 is 2.27 bits per heavy atom. The van der Waals surface area contributed by atoms with Crippen LogP contribution in [-0.4, -0.2) is 13.9 Å². The van der Waals surface area contributed by atoms with Gasteiger partial charge in [-0.2, -0.15) is 0 Å². The normalized spacial score (nSPS) is 13.9. The zero-order valence-electron chi connectivity index (χ0n) is 9.33. The van der Waals surface area contributed by atoms with Crippen molar-refractivity contribution >= 4 is 11.1 Å². The molecule has 0 fully saturated rings. The molecule has 0 radical (unpaired) electrons. The van der Waals surface area contributed by atoms with Crippen molar-refractivity contribution in [1.82, 2.24) is 0 Å². The molecule has 1 aromatic rings. The zero-order valence-corrected chi connectivity index (χ0v) is 10.1. The smallest absolute Gasteiger partial charge is 0.122 e. The summed E-state index contributed by atoms with van der Waals surface area (Å²) in [7, 11) is 0. The van der Waals surface area contributed by atoms with E-state index in [1.807, 2.05) is 20.8 Å². The number of benzene rings is 1. The highest BCUT2D eigenvalue weighted by atomic mass is 32.2. The summed E-state index contributed by atoms with van der Waals surface area (Å²) in [6.07, 6.45) is 0. The number of aryl methyl sites for hydroxylation is 1. The van der Waals surface area contributed by atoms with Gasteiger partial charge in [0, 0.05) is 10.5 Å². The first-order valence-electron chi connectivity index (χ1n) is 4.67. The lowest BCUT2D eigenvalue weighted by Gasteiger charge is -2.23. The standard InChI is InChI=1S/C11H16O3S/c1-7-5-8(15(13)14)6-9(10(7)12)11(2,3)4/h5-6,12H,1-4H3,(H,13,14)/p-1. The Kier molecular flexibility index (Phi) is 3.21. The molecule has 84 valence electrons. The minimum Gasteiger partial charge on any atom is -0.768 e. The van der Waals surface area contributed by atoms with Crippen LogP contribution >= 0.6 is 0 Å². The van der Waals surface area contributed by atoms with Crippen molar-refractivity contribution in [3.63, 3.8) is 0 Å². The summed E-state index contributed by atoms with van der Waals surface area (Å²) in [4.78, 5) is 0.218. The monoisotopic (exact) mass is 227 g/mol. The Bertz CT molecular complexity index is 405. The van der Waals surface area contributed by atoms with Crippen molar-refractivity contribution < 1.29 is 13.9 Å². The molecule has 0 saturated carbocycles. The molecule has 15 heavy (non-hydrogen) atoms. The zero-order chi connectivity index (χ0) is 11.8. The van der Waals surface area contributed by atoms with E-state index >= 15 is 0 Å². The maximum Gasteiger partial charge on any atom is 0.122 e. The van der Waals surface area contributed by atoms with Gasteiger partial charge in [0.2, 0.25) is 0 Å². The van der Waals surface area contributed by atoms with Crippen molar-refractivity contribution in [2.45, 2.75) is 38.0 Å². The van der Waals surface area contributed by atoms with Crippen LogP contribution in [0.3, 0.4) is 0 Å². The van der Waals surface area contributed by atoms with Gasteiger partial charge < -0.3 is 9.66 Å². The number of hydrogen-bond donors (Lipinski definition) is 1. The van der Waals surface area contributed by atoms with E-state index in [1.165, 1.54) is 12.1 Å². The van der Waals surface area contributed by atoms with Gasteiger partial charge in [0.15, 0.2) is 0 Å². The molecule has 0 saturated heterocycles. The fraction of sp³-hybridized carbons (Fsp3) is 0.455. The minimum absolute atomic E-state index is 0.178. The summed E-state index contributed by atoms with van der Waals surface area (Å²) >= 11 is -2.25. The van der Waals surface area contributed by atoms with Crippen molar-refractivity contribution in [3.05, 3.63) is 23.3 Å². The second-order valence-electron chi connectivity index (χ2n) is 4.62. The molecule has 1 unspecified atom stereocenters. The van der Waals surface area contributed by atoms with E-state index in [-0.39, 0.29) is 16.1 Å². The van der Waals surface area contributed by atoms with E-state index in [0.717, 1.165) is 0 Å². The van der Waals surface area contributed by atoms with Crippen molar-refractivity contribution in [3.8, 4) is 5.75 Å². The molecular weight excluding hydrogens is 212 g/mol. The van der Waals surface area contributed by atoms with Gasteiger partial charge in [-0.3, -0.25) is 4.21 Å². The third kappa shape index (κ3) is 2.58. The van der Waals surface area contributed by atoms with Crippen LogP contribution in [0.1, 0.15) is 31.9 Å². The molecule has 1 N–H and O–H groups in total. The summed E-state index contributed by atoms with van der Waals surface area (Å²) in [5, 5.41) is 9.84. The first kappa shape index (κ1) is 12.2. The number of phenolic OH excluding ortho intramolecular Hbond substituents is 1. The third-order valence-corrected chi connectivity index (χ3v) is 2.90. The van der Waals surface area contributed by atoms with Crippen LogP contribution in [0.2, 0.25) is 0 Å². The summed E-state index contributed by atoms with van der Waals surface area (Å²) in [6.45, 7) is 7.48. The van der Waals surface area contributed by atoms with Gasteiger partial charge in [-0.05, 0) is 41.1 Å². The molecule has 0 aromatic heterocycles. The molecule has 4 heteroatoms. The summed E-state index contributed by atoms with van der Waals surface area (Å²) < 4.78 is 21.7. The topological polar surface area (TPSA) is 60.4 Å². The number of phenols is 1. The molecule has 0 spiro atoms. The Labute approximate surface area is 92.4 Å². The van der Waals surface area contributed by atoms with Crippen LogP contribution in [0.15, 0.2) is 17.0 Å². The second-order valence-corrected chi connectivity index (χ2v) is 5.56. The van der Waals surface area contributed by atoms with E-state index in [2.05, 4.69) is 0 Å². The molecule has 1 aromatic carbocycles. The fourth-order valence-electron chi connectivity index (χ4n) is 1.41. The van der Waals surface area contributed by atoms with E-state index in [0.29, 0.717) is 11.1 Å². The number of aromatic hydroxyl groups is 1. The SMILES string of the molecule is Cc1cc(S(=O)[O-])cc(C(C)(C)C)c1O. The lowest BCUT2D eigenvalue weighted by atomic mass is 9.85. The van der Waals surface area contributed by atoms with Gasteiger partial charge in [0.1, 0.15) is 5.75 Å². The van der Waals surface area contributed by atoms with E-state index in [1.54, 1.807) is 6.92 Å². The summed E-state index contributed by atoms with van der Waals surface area (Å²) in [6, 6.07) is 2.99. The molecular formula is C11H15O3S-. The van der Waals surface area contributed by atoms with Gasteiger partial charge in [0.05, 0.1) is 0 Å². The van der Waals surface area contributed by atoms with Crippen LogP contribution in [0.25, 0.3) is 0 Å². The molecule has 1 rings (SSSR count). The Balaban J connectivity index is 3.45. The highest BCUT2D eigenvalue weighted by Crippen LogP contribution is 2.34.